The summed E-state index contributed by atoms with van der Waals surface area (Å²) in [5, 5.41) is 25.1. The molecule has 5 rings (SSSR count). The highest BCUT2D eigenvalue weighted by molar-refractivity contribution is 5.75. The topological polar surface area (TPSA) is 77.9 Å². The van der Waals surface area contributed by atoms with Crippen LogP contribution in [0.15, 0.2) is 30.6 Å². The maximum Gasteiger partial charge on any atom is 0.172 e. The van der Waals surface area contributed by atoms with E-state index in [1.807, 2.05) is 4.90 Å². The van der Waals surface area contributed by atoms with Gasteiger partial charge >= 0.3 is 0 Å². The van der Waals surface area contributed by atoms with Crippen LogP contribution in [-0.4, -0.2) is 44.8 Å². The summed E-state index contributed by atoms with van der Waals surface area (Å²) < 4.78 is 43.2. The van der Waals surface area contributed by atoms with Crippen LogP contribution < -0.4 is 4.90 Å². The second-order valence-electron chi connectivity index (χ2n) is 10.5. The van der Waals surface area contributed by atoms with Crippen molar-refractivity contribution < 1.29 is 18.3 Å². The molecule has 2 aliphatic carbocycles. The number of alkyl halides is 1. The third kappa shape index (κ3) is 3.91. The van der Waals surface area contributed by atoms with Crippen molar-refractivity contribution in [2.45, 2.75) is 52.0 Å². The van der Waals surface area contributed by atoms with Gasteiger partial charge in [0.15, 0.2) is 17.5 Å². The highest BCUT2D eigenvalue weighted by atomic mass is 19.2. The predicted octanol–water partition coefficient (Wildman–Crippen LogP) is 5.65. The number of fused-ring (bicyclic) bond motifs is 2. The monoisotopic (exact) mass is 471 g/mol. The molecular formula is C25H28F3N5O. The summed E-state index contributed by atoms with van der Waals surface area (Å²) in [6.45, 7) is 4.28. The first-order valence-corrected chi connectivity index (χ1v) is 11.6. The number of rotatable bonds is 6. The van der Waals surface area contributed by atoms with Gasteiger partial charge < -0.3 is 10.0 Å². The smallest absolute Gasteiger partial charge is 0.172 e. The molecule has 34 heavy (non-hydrogen) atoms. The normalized spacial score (nSPS) is 26.1. The van der Waals surface area contributed by atoms with Crippen molar-refractivity contribution in [3.05, 3.63) is 42.2 Å². The molecule has 0 amide bonds. The molecule has 0 aliphatic heterocycles. The number of aromatic nitrogens is 4. The fraction of sp³-hybridized carbons (Fsp3) is 0.480. The Balaban J connectivity index is 1.46. The summed E-state index contributed by atoms with van der Waals surface area (Å²) in [7, 11) is 0. The lowest BCUT2D eigenvalue weighted by molar-refractivity contribution is 0.144. The minimum Gasteiger partial charge on any atom is -0.507 e. The molecule has 2 fully saturated rings. The zero-order valence-electron chi connectivity index (χ0n) is 19.3. The summed E-state index contributed by atoms with van der Waals surface area (Å²) in [6, 6.07) is 4.41. The lowest BCUT2D eigenvalue weighted by Crippen LogP contribution is -2.45. The van der Waals surface area contributed by atoms with Crippen molar-refractivity contribution in [3.63, 3.8) is 0 Å². The van der Waals surface area contributed by atoms with Crippen LogP contribution in [0.2, 0.25) is 0 Å². The largest absolute Gasteiger partial charge is 0.507 e. The van der Waals surface area contributed by atoms with Crippen LogP contribution in [0.4, 0.5) is 19.0 Å². The number of aromatic amines is 1. The van der Waals surface area contributed by atoms with Crippen molar-refractivity contribution in [3.8, 4) is 28.1 Å². The van der Waals surface area contributed by atoms with Gasteiger partial charge in [0, 0.05) is 29.9 Å². The summed E-state index contributed by atoms with van der Waals surface area (Å²) in [4.78, 5) is 1.95. The Bertz CT molecular complexity index is 1170. The molecule has 0 radical (unpaired) electrons. The van der Waals surface area contributed by atoms with E-state index in [-0.39, 0.29) is 40.2 Å². The highest BCUT2D eigenvalue weighted by Crippen LogP contribution is 2.59. The molecule has 0 saturated heterocycles. The molecule has 2 N–H and O–H groups in total. The number of nitrogens with zero attached hydrogens (tertiary/aromatic N) is 4. The van der Waals surface area contributed by atoms with Crippen LogP contribution in [0, 0.1) is 22.5 Å². The second kappa shape index (κ2) is 8.29. The van der Waals surface area contributed by atoms with Gasteiger partial charge in [-0.3, -0.25) is 5.10 Å². The van der Waals surface area contributed by atoms with Crippen molar-refractivity contribution >= 4 is 5.82 Å². The number of phenolic OH excluding ortho intramolecular Hbond substituents is 1. The maximum atomic E-state index is 15.0. The maximum absolute atomic E-state index is 15.0. The molecular weight excluding hydrogens is 443 g/mol. The quantitative estimate of drug-likeness (QED) is 0.486. The molecule has 2 aliphatic rings. The van der Waals surface area contributed by atoms with Gasteiger partial charge in [-0.05, 0) is 61.1 Å². The molecule has 3 atom stereocenters. The van der Waals surface area contributed by atoms with Crippen LogP contribution >= 0.6 is 0 Å². The predicted molar refractivity (Wildman–Crippen MR) is 123 cm³/mol. The number of phenols is 1. The van der Waals surface area contributed by atoms with E-state index >= 15 is 0 Å². The van der Waals surface area contributed by atoms with Gasteiger partial charge in [0.25, 0.3) is 0 Å². The number of anilines is 1. The van der Waals surface area contributed by atoms with E-state index in [1.54, 1.807) is 6.07 Å². The van der Waals surface area contributed by atoms with Gasteiger partial charge in [-0.25, -0.2) is 13.2 Å². The van der Waals surface area contributed by atoms with E-state index in [0.29, 0.717) is 11.4 Å². The Morgan fingerprint density at radius 2 is 1.85 bits per heavy atom. The molecule has 9 heteroatoms. The molecule has 180 valence electrons. The first-order chi connectivity index (χ1) is 16.2. The van der Waals surface area contributed by atoms with E-state index in [2.05, 4.69) is 34.2 Å². The lowest BCUT2D eigenvalue weighted by atomic mass is 9.68. The van der Waals surface area contributed by atoms with Gasteiger partial charge in [0.1, 0.15) is 12.4 Å². The fourth-order valence-electron chi connectivity index (χ4n) is 6.24. The molecule has 2 aromatic heterocycles. The minimum absolute atomic E-state index is 0.000714. The number of benzene rings is 1. The molecule has 0 unspecified atom stereocenters. The number of H-pyrrole nitrogens is 1. The van der Waals surface area contributed by atoms with Crippen molar-refractivity contribution in [1.29, 1.82) is 0 Å². The Hall–Kier alpha value is -3.10. The zero-order chi connectivity index (χ0) is 24.1. The lowest BCUT2D eigenvalue weighted by Gasteiger charge is -2.45. The van der Waals surface area contributed by atoms with Gasteiger partial charge in [-0.1, -0.05) is 13.8 Å². The Morgan fingerprint density at radius 3 is 2.44 bits per heavy atom. The van der Waals surface area contributed by atoms with Gasteiger partial charge in [-0.15, -0.1) is 10.2 Å². The third-order valence-corrected chi connectivity index (χ3v) is 7.60. The summed E-state index contributed by atoms with van der Waals surface area (Å²) in [5.74, 6) is -2.29. The average molecular weight is 472 g/mol. The van der Waals surface area contributed by atoms with Crippen LogP contribution in [-0.2, 0) is 0 Å². The number of hydrogen-bond donors (Lipinski definition) is 2. The zero-order valence-corrected chi connectivity index (χ0v) is 19.3. The highest BCUT2D eigenvalue weighted by Gasteiger charge is 2.50. The number of aromatic hydroxyl groups is 1. The third-order valence-electron chi connectivity index (χ3n) is 7.60. The molecule has 1 aromatic carbocycles. The van der Waals surface area contributed by atoms with Crippen LogP contribution in [0.1, 0.15) is 46.0 Å². The van der Waals surface area contributed by atoms with Crippen LogP contribution in [0.3, 0.4) is 0 Å². The first kappa shape index (κ1) is 22.7. The Labute approximate surface area is 196 Å². The van der Waals surface area contributed by atoms with Crippen LogP contribution in [0.25, 0.3) is 22.4 Å². The molecule has 2 heterocycles. The summed E-state index contributed by atoms with van der Waals surface area (Å²) in [6.07, 6.45) is 8.19. The van der Waals surface area contributed by atoms with Gasteiger partial charge in [0.2, 0.25) is 0 Å². The van der Waals surface area contributed by atoms with Gasteiger partial charge in [-0.2, -0.15) is 5.10 Å². The van der Waals surface area contributed by atoms with E-state index in [0.717, 1.165) is 18.9 Å². The fourth-order valence-corrected chi connectivity index (χ4v) is 6.24. The average Bonchev–Trinajstić information content (AvgIpc) is 3.41. The molecule has 3 aromatic rings. The Morgan fingerprint density at radius 1 is 1.12 bits per heavy atom. The van der Waals surface area contributed by atoms with E-state index in [4.69, 9.17) is 0 Å². The second-order valence-corrected chi connectivity index (χ2v) is 10.5. The van der Waals surface area contributed by atoms with Crippen molar-refractivity contribution in [2.75, 3.05) is 18.1 Å². The van der Waals surface area contributed by atoms with E-state index in [1.165, 1.54) is 37.7 Å². The number of halogens is 3. The molecule has 6 nitrogen and oxygen atoms in total. The van der Waals surface area contributed by atoms with Crippen molar-refractivity contribution in [1.82, 2.24) is 20.4 Å². The van der Waals surface area contributed by atoms with E-state index < -0.39 is 24.1 Å². The van der Waals surface area contributed by atoms with Crippen LogP contribution in [0.5, 0.6) is 5.75 Å². The van der Waals surface area contributed by atoms with Crippen molar-refractivity contribution in [2.24, 2.45) is 10.8 Å². The number of hydrogen-bond acceptors (Lipinski definition) is 5. The SMILES string of the molecule is C[C@]12CC[C@](C)(C[C@@H](N(CCF)c3ccc(-c4c(O)cc(-c5cn[nH]c5)c(F)c4F)nn3)C1)C2. The number of nitrogens with one attached hydrogen (secondary N) is 1. The standard InChI is InChI=1S/C25H28F3N5O/c1-24-5-6-25(2,14-24)11-16(10-24)33(8-7-26)20-4-3-18(31-32-20)21-19(34)9-17(22(27)23(21)28)15-12-29-30-13-15/h3-4,9,12-13,16,34H,5-8,10-11,14H2,1-2H3,(H,29,30)/t16-,24-,25+. The van der Waals surface area contributed by atoms with Gasteiger partial charge in [0.05, 0.1) is 17.5 Å². The molecule has 2 bridgehead atoms. The first-order valence-electron chi connectivity index (χ1n) is 11.6. The molecule has 2 saturated carbocycles. The summed E-state index contributed by atoms with van der Waals surface area (Å²) >= 11 is 0. The van der Waals surface area contributed by atoms with E-state index in [9.17, 15) is 18.3 Å². The summed E-state index contributed by atoms with van der Waals surface area (Å²) in [5.41, 5.74) is 0.312. The minimum atomic E-state index is -1.22. The molecule has 0 spiro atoms. The Kier molecular flexibility index (Phi) is 5.53.